The molecule has 0 bridgehead atoms. The lowest BCUT2D eigenvalue weighted by Crippen LogP contribution is -2.07. The van der Waals surface area contributed by atoms with E-state index in [0.717, 1.165) is 0 Å². The smallest absolute Gasteiger partial charge is 0.362 e. The van der Waals surface area contributed by atoms with Gasteiger partial charge < -0.3 is 9.84 Å². The molecular formula is C12H12Cl2N2O3. The van der Waals surface area contributed by atoms with Crippen molar-refractivity contribution < 1.29 is 14.6 Å². The Morgan fingerprint density at radius 3 is 2.58 bits per heavy atom. The number of hydrogen-bond donors (Lipinski definition) is 1. The van der Waals surface area contributed by atoms with Gasteiger partial charge in [0.05, 0.1) is 22.3 Å². The van der Waals surface area contributed by atoms with Crippen molar-refractivity contribution in [1.29, 1.82) is 0 Å². The SMILES string of the molecule is CCOC(=O)/C(N=Nc1ccc(Cl)c(Cl)c1)=C(/C)O. The van der Waals surface area contributed by atoms with Crippen LogP contribution in [0.15, 0.2) is 39.9 Å². The first-order chi connectivity index (χ1) is 8.95. The lowest BCUT2D eigenvalue weighted by Gasteiger charge is -2.02. The minimum absolute atomic E-state index is 0.178. The maximum Gasteiger partial charge on any atom is 0.362 e. The second-order valence-corrected chi connectivity index (χ2v) is 4.27. The summed E-state index contributed by atoms with van der Waals surface area (Å²) in [6.07, 6.45) is 0. The van der Waals surface area contributed by atoms with Crippen LogP contribution in [0.1, 0.15) is 13.8 Å². The molecule has 102 valence electrons. The van der Waals surface area contributed by atoms with Crippen LogP contribution >= 0.6 is 23.2 Å². The van der Waals surface area contributed by atoms with Gasteiger partial charge in [0.15, 0.2) is 0 Å². The average molecular weight is 303 g/mol. The van der Waals surface area contributed by atoms with Gasteiger partial charge in [-0.1, -0.05) is 23.2 Å². The molecule has 0 saturated heterocycles. The minimum atomic E-state index is -0.744. The summed E-state index contributed by atoms with van der Waals surface area (Å²) in [5, 5.41) is 17.5. The van der Waals surface area contributed by atoms with Crippen molar-refractivity contribution in [3.05, 3.63) is 39.7 Å². The molecule has 0 aliphatic heterocycles. The summed E-state index contributed by atoms with van der Waals surface area (Å²) < 4.78 is 4.74. The summed E-state index contributed by atoms with van der Waals surface area (Å²) in [4.78, 5) is 11.5. The molecule has 0 atom stereocenters. The van der Waals surface area contributed by atoms with Crippen molar-refractivity contribution in [2.75, 3.05) is 6.61 Å². The molecule has 0 saturated carbocycles. The molecule has 0 aliphatic carbocycles. The number of aliphatic hydroxyl groups is 1. The highest BCUT2D eigenvalue weighted by Gasteiger charge is 2.13. The lowest BCUT2D eigenvalue weighted by atomic mass is 10.3. The number of esters is 1. The molecule has 0 fully saturated rings. The van der Waals surface area contributed by atoms with Gasteiger partial charge in [-0.15, -0.1) is 5.11 Å². The van der Waals surface area contributed by atoms with E-state index in [1.54, 1.807) is 19.1 Å². The highest BCUT2D eigenvalue weighted by Crippen LogP contribution is 2.27. The van der Waals surface area contributed by atoms with Crippen LogP contribution in [0.5, 0.6) is 0 Å². The topological polar surface area (TPSA) is 71.2 Å². The zero-order chi connectivity index (χ0) is 14.4. The molecular weight excluding hydrogens is 291 g/mol. The van der Waals surface area contributed by atoms with Crippen LogP contribution < -0.4 is 0 Å². The van der Waals surface area contributed by atoms with Crippen LogP contribution in [0.25, 0.3) is 0 Å². The number of ether oxygens (including phenoxy) is 1. The van der Waals surface area contributed by atoms with E-state index < -0.39 is 5.97 Å². The van der Waals surface area contributed by atoms with Crippen LogP contribution in [0.2, 0.25) is 10.0 Å². The number of carbonyl (C=O) groups is 1. The quantitative estimate of drug-likeness (QED) is 0.387. The van der Waals surface area contributed by atoms with Gasteiger partial charge in [-0.25, -0.2) is 4.79 Å². The van der Waals surface area contributed by atoms with Crippen molar-refractivity contribution in [3.63, 3.8) is 0 Å². The fourth-order valence-corrected chi connectivity index (χ4v) is 1.41. The van der Waals surface area contributed by atoms with Crippen molar-refractivity contribution in [3.8, 4) is 0 Å². The number of halogens is 2. The van der Waals surface area contributed by atoms with E-state index in [9.17, 15) is 9.90 Å². The Hall–Kier alpha value is -1.59. The Morgan fingerprint density at radius 2 is 2.05 bits per heavy atom. The lowest BCUT2D eigenvalue weighted by molar-refractivity contribution is -0.138. The molecule has 1 aromatic rings. The minimum Gasteiger partial charge on any atom is -0.510 e. The summed E-state index contributed by atoms with van der Waals surface area (Å²) in [7, 11) is 0. The highest BCUT2D eigenvalue weighted by molar-refractivity contribution is 6.42. The van der Waals surface area contributed by atoms with Gasteiger partial charge >= 0.3 is 5.97 Å². The van der Waals surface area contributed by atoms with Crippen molar-refractivity contribution in [1.82, 2.24) is 0 Å². The van der Waals surface area contributed by atoms with E-state index in [-0.39, 0.29) is 18.1 Å². The Kier molecular flexibility index (Phi) is 5.79. The Balaban J connectivity index is 2.97. The molecule has 7 heteroatoms. The number of nitrogens with zero attached hydrogens (tertiary/aromatic N) is 2. The highest BCUT2D eigenvalue weighted by atomic mass is 35.5. The Morgan fingerprint density at radius 1 is 1.37 bits per heavy atom. The third-order valence-electron chi connectivity index (χ3n) is 1.98. The summed E-state index contributed by atoms with van der Waals surface area (Å²) in [6.45, 7) is 3.15. The predicted molar refractivity (Wildman–Crippen MR) is 72.9 cm³/mol. The van der Waals surface area contributed by atoms with Gasteiger partial charge in [-0.3, -0.25) is 0 Å². The second-order valence-electron chi connectivity index (χ2n) is 3.45. The maximum atomic E-state index is 11.5. The van der Waals surface area contributed by atoms with Crippen molar-refractivity contribution in [2.24, 2.45) is 10.2 Å². The Bertz CT molecular complexity index is 538. The van der Waals surface area contributed by atoms with Gasteiger partial charge in [0.1, 0.15) is 5.76 Å². The van der Waals surface area contributed by atoms with Crippen molar-refractivity contribution >= 4 is 34.9 Å². The fourth-order valence-electron chi connectivity index (χ4n) is 1.12. The zero-order valence-electron chi connectivity index (χ0n) is 10.4. The summed E-state index contributed by atoms with van der Waals surface area (Å²) in [5.41, 5.74) is 0.144. The Labute approximate surface area is 120 Å². The van der Waals surface area contributed by atoms with Crippen LogP contribution in [0.4, 0.5) is 5.69 Å². The van der Waals surface area contributed by atoms with E-state index in [4.69, 9.17) is 27.9 Å². The molecule has 0 spiro atoms. The van der Waals surface area contributed by atoms with Gasteiger partial charge in [0.2, 0.25) is 5.70 Å². The monoisotopic (exact) mass is 302 g/mol. The zero-order valence-corrected chi connectivity index (χ0v) is 11.9. The van der Waals surface area contributed by atoms with Crippen LogP contribution in [-0.4, -0.2) is 17.7 Å². The van der Waals surface area contributed by atoms with Crippen molar-refractivity contribution in [2.45, 2.75) is 13.8 Å². The van der Waals surface area contributed by atoms with E-state index in [1.165, 1.54) is 13.0 Å². The predicted octanol–water partition coefficient (Wildman–Crippen LogP) is 4.43. The standard InChI is InChI=1S/C12H12Cl2N2O3/c1-3-19-12(18)11(7(2)17)16-15-8-4-5-9(13)10(14)6-8/h4-6,17H,3H2,1-2H3/b11-7+,16-15?. The van der Waals surface area contributed by atoms with E-state index >= 15 is 0 Å². The first-order valence-electron chi connectivity index (χ1n) is 5.39. The summed E-state index contributed by atoms with van der Waals surface area (Å²) in [6, 6.07) is 4.62. The van der Waals surface area contributed by atoms with Crippen LogP contribution in [0.3, 0.4) is 0 Å². The molecule has 19 heavy (non-hydrogen) atoms. The molecule has 0 heterocycles. The first kappa shape index (κ1) is 15.5. The van der Waals surface area contributed by atoms with Gasteiger partial charge in [0.25, 0.3) is 0 Å². The average Bonchev–Trinajstić information content (AvgIpc) is 2.33. The fraction of sp³-hybridized carbons (Fsp3) is 0.250. The maximum absolute atomic E-state index is 11.5. The first-order valence-corrected chi connectivity index (χ1v) is 6.15. The molecule has 0 radical (unpaired) electrons. The molecule has 0 aliphatic rings. The number of hydrogen-bond acceptors (Lipinski definition) is 5. The number of aliphatic hydroxyl groups excluding tert-OH is 1. The van der Waals surface area contributed by atoms with Crippen LogP contribution in [0, 0.1) is 0 Å². The number of azo groups is 1. The summed E-state index contributed by atoms with van der Waals surface area (Å²) in [5.74, 6) is -1.02. The van der Waals surface area contributed by atoms with E-state index in [1.807, 2.05) is 0 Å². The number of rotatable bonds is 4. The largest absolute Gasteiger partial charge is 0.510 e. The second kappa shape index (κ2) is 7.11. The molecule has 0 aromatic heterocycles. The molecule has 0 amide bonds. The van der Waals surface area contributed by atoms with Gasteiger partial charge in [-0.2, -0.15) is 5.11 Å². The third-order valence-corrected chi connectivity index (χ3v) is 2.72. The van der Waals surface area contributed by atoms with Gasteiger partial charge in [-0.05, 0) is 32.0 Å². The number of benzene rings is 1. The number of carbonyl (C=O) groups excluding carboxylic acids is 1. The third kappa shape index (κ3) is 4.54. The normalized spacial score (nSPS) is 12.4. The molecule has 1 aromatic carbocycles. The molecule has 0 unspecified atom stereocenters. The van der Waals surface area contributed by atoms with Gasteiger partial charge in [0, 0.05) is 0 Å². The molecule has 1 rings (SSSR count). The number of allylic oxidation sites excluding steroid dienone is 1. The molecule has 5 nitrogen and oxygen atoms in total. The van der Waals surface area contributed by atoms with Crippen LogP contribution in [-0.2, 0) is 9.53 Å². The van der Waals surface area contributed by atoms with E-state index in [2.05, 4.69) is 10.2 Å². The molecule has 1 N–H and O–H groups in total. The summed E-state index contributed by atoms with van der Waals surface area (Å²) >= 11 is 11.6. The van der Waals surface area contributed by atoms with E-state index in [0.29, 0.717) is 15.7 Å².